The second-order valence-corrected chi connectivity index (χ2v) is 5.59. The van der Waals surface area contributed by atoms with Crippen molar-refractivity contribution >= 4 is 23.8 Å². The summed E-state index contributed by atoms with van der Waals surface area (Å²) in [5.41, 5.74) is 5.43. The highest BCUT2D eigenvalue weighted by Gasteiger charge is 2.34. The van der Waals surface area contributed by atoms with E-state index in [1.807, 2.05) is 0 Å². The smallest absolute Gasteiger partial charge is 0.340 e. The Morgan fingerprint density at radius 2 is 1.79 bits per heavy atom. The first-order valence-corrected chi connectivity index (χ1v) is 8.00. The fraction of sp³-hybridized carbons (Fsp3) is 0.733. The standard InChI is InChI=1S/C15H24N2O7/c1-2-23-14(21)12(17-13(20)10(16)8-11(18)19)15(22)24-9-6-4-3-5-7-9/h9-10,12H,2-8,16H2,1H3,(H,17,20)(H,18,19). The molecule has 0 radical (unpaired) electrons. The molecule has 0 aromatic carbocycles. The molecule has 1 rings (SSSR count). The van der Waals surface area contributed by atoms with Gasteiger partial charge >= 0.3 is 17.9 Å². The zero-order chi connectivity index (χ0) is 18.1. The Labute approximate surface area is 139 Å². The van der Waals surface area contributed by atoms with Crippen molar-refractivity contribution in [3.63, 3.8) is 0 Å². The highest BCUT2D eigenvalue weighted by molar-refractivity contribution is 6.03. The fourth-order valence-electron chi connectivity index (χ4n) is 2.39. The number of ether oxygens (including phenoxy) is 2. The van der Waals surface area contributed by atoms with Crippen LogP contribution in [0.1, 0.15) is 45.4 Å². The van der Waals surface area contributed by atoms with Gasteiger partial charge in [-0.2, -0.15) is 0 Å². The molecule has 0 bridgehead atoms. The number of hydrogen-bond acceptors (Lipinski definition) is 7. The van der Waals surface area contributed by atoms with Gasteiger partial charge in [0.15, 0.2) is 0 Å². The van der Waals surface area contributed by atoms with Gasteiger partial charge < -0.3 is 25.6 Å². The van der Waals surface area contributed by atoms with Crippen molar-refractivity contribution in [1.29, 1.82) is 0 Å². The van der Waals surface area contributed by atoms with Gasteiger partial charge in [0.05, 0.1) is 19.1 Å². The molecule has 0 aromatic rings. The lowest BCUT2D eigenvalue weighted by Crippen LogP contribution is -2.53. The summed E-state index contributed by atoms with van der Waals surface area (Å²) >= 11 is 0. The Hall–Kier alpha value is -2.16. The molecule has 1 amide bonds. The summed E-state index contributed by atoms with van der Waals surface area (Å²) < 4.78 is 10.0. The van der Waals surface area contributed by atoms with Gasteiger partial charge in [0.25, 0.3) is 0 Å². The molecule has 9 heteroatoms. The molecule has 0 spiro atoms. The molecule has 24 heavy (non-hydrogen) atoms. The van der Waals surface area contributed by atoms with Crippen molar-refractivity contribution in [2.24, 2.45) is 5.73 Å². The van der Waals surface area contributed by atoms with Crippen LogP contribution >= 0.6 is 0 Å². The van der Waals surface area contributed by atoms with Crippen LogP contribution in [0.4, 0.5) is 0 Å². The molecule has 136 valence electrons. The topological polar surface area (TPSA) is 145 Å². The number of amides is 1. The molecule has 1 fully saturated rings. The summed E-state index contributed by atoms with van der Waals surface area (Å²) in [7, 11) is 0. The number of nitrogens with one attached hydrogen (secondary N) is 1. The first-order valence-electron chi connectivity index (χ1n) is 8.00. The van der Waals surface area contributed by atoms with Crippen molar-refractivity contribution in [2.75, 3.05) is 6.61 Å². The van der Waals surface area contributed by atoms with Gasteiger partial charge in [0.1, 0.15) is 6.10 Å². The van der Waals surface area contributed by atoms with E-state index >= 15 is 0 Å². The number of nitrogens with two attached hydrogens (primary N) is 1. The molecule has 4 N–H and O–H groups in total. The lowest BCUT2D eigenvalue weighted by Gasteiger charge is -2.24. The van der Waals surface area contributed by atoms with Crippen LogP contribution in [0.25, 0.3) is 0 Å². The molecule has 9 nitrogen and oxygen atoms in total. The fourth-order valence-corrected chi connectivity index (χ4v) is 2.39. The molecule has 0 saturated heterocycles. The molecule has 1 aliphatic carbocycles. The Morgan fingerprint density at radius 3 is 2.33 bits per heavy atom. The van der Waals surface area contributed by atoms with Crippen LogP contribution < -0.4 is 11.1 Å². The quantitative estimate of drug-likeness (QED) is 0.402. The lowest BCUT2D eigenvalue weighted by atomic mass is 9.98. The maximum atomic E-state index is 12.2. The maximum Gasteiger partial charge on any atom is 0.340 e. The molecule has 0 aliphatic heterocycles. The number of esters is 2. The number of rotatable bonds is 8. The number of hydrogen-bond donors (Lipinski definition) is 3. The summed E-state index contributed by atoms with van der Waals surface area (Å²) in [6.45, 7) is 1.57. The molecule has 1 aliphatic rings. The highest BCUT2D eigenvalue weighted by atomic mass is 16.6. The van der Waals surface area contributed by atoms with Crippen molar-refractivity contribution in [1.82, 2.24) is 5.32 Å². The molecule has 0 heterocycles. The van der Waals surface area contributed by atoms with Gasteiger partial charge in [-0.15, -0.1) is 0 Å². The van der Waals surface area contributed by atoms with E-state index in [1.54, 1.807) is 6.92 Å². The zero-order valence-corrected chi connectivity index (χ0v) is 13.7. The van der Waals surface area contributed by atoms with Gasteiger partial charge in [-0.1, -0.05) is 6.42 Å². The summed E-state index contributed by atoms with van der Waals surface area (Å²) in [5, 5.41) is 10.8. The summed E-state index contributed by atoms with van der Waals surface area (Å²) in [6.07, 6.45) is 3.40. The van der Waals surface area contributed by atoms with Crippen LogP contribution in [0.15, 0.2) is 0 Å². The van der Waals surface area contributed by atoms with Gasteiger partial charge in [-0.05, 0) is 32.6 Å². The first-order chi connectivity index (χ1) is 11.3. The molecule has 0 aromatic heterocycles. The van der Waals surface area contributed by atoms with E-state index in [-0.39, 0.29) is 12.7 Å². The largest absolute Gasteiger partial charge is 0.481 e. The second-order valence-electron chi connectivity index (χ2n) is 5.59. The number of carboxylic acid groups (broad SMARTS) is 1. The summed E-state index contributed by atoms with van der Waals surface area (Å²) in [4.78, 5) is 46.6. The molecular formula is C15H24N2O7. The maximum absolute atomic E-state index is 12.2. The minimum atomic E-state index is -1.65. The lowest BCUT2D eigenvalue weighted by molar-refractivity contribution is -0.163. The van der Waals surface area contributed by atoms with Crippen LogP contribution in [-0.2, 0) is 28.7 Å². The van der Waals surface area contributed by atoms with E-state index in [0.29, 0.717) is 12.8 Å². The highest BCUT2D eigenvalue weighted by Crippen LogP contribution is 2.20. The molecule has 2 unspecified atom stereocenters. The number of carboxylic acids is 1. The third-order valence-corrected chi connectivity index (χ3v) is 3.61. The van der Waals surface area contributed by atoms with Crippen LogP contribution in [0, 0.1) is 0 Å². The van der Waals surface area contributed by atoms with Gasteiger partial charge in [-0.25, -0.2) is 9.59 Å². The summed E-state index contributed by atoms with van der Waals surface area (Å²) in [6, 6.07) is -3.04. The Kier molecular flexibility index (Phi) is 8.17. The van der Waals surface area contributed by atoms with E-state index in [2.05, 4.69) is 5.32 Å². The number of carbonyl (C=O) groups is 4. The van der Waals surface area contributed by atoms with Crippen LogP contribution in [-0.4, -0.2) is 53.7 Å². The van der Waals surface area contributed by atoms with Crippen LogP contribution in [0.3, 0.4) is 0 Å². The first kappa shape index (κ1) is 19.9. The third kappa shape index (κ3) is 6.53. The minimum Gasteiger partial charge on any atom is -0.481 e. The van der Waals surface area contributed by atoms with E-state index < -0.39 is 42.3 Å². The molecule has 1 saturated carbocycles. The molecule has 2 atom stereocenters. The monoisotopic (exact) mass is 344 g/mol. The Morgan fingerprint density at radius 1 is 1.17 bits per heavy atom. The summed E-state index contributed by atoms with van der Waals surface area (Å²) in [5.74, 6) is -4.09. The molecular weight excluding hydrogens is 320 g/mol. The van der Waals surface area contributed by atoms with Crippen molar-refractivity contribution in [3.8, 4) is 0 Å². The Bertz CT molecular complexity index is 474. The number of aliphatic carboxylic acids is 1. The van der Waals surface area contributed by atoms with Crippen molar-refractivity contribution in [3.05, 3.63) is 0 Å². The van der Waals surface area contributed by atoms with E-state index in [9.17, 15) is 19.2 Å². The van der Waals surface area contributed by atoms with E-state index in [4.69, 9.17) is 20.3 Å². The number of carbonyl (C=O) groups excluding carboxylic acids is 3. The Balaban J connectivity index is 2.71. The van der Waals surface area contributed by atoms with Gasteiger partial charge in [-0.3, -0.25) is 9.59 Å². The van der Waals surface area contributed by atoms with Gasteiger partial charge in [0.2, 0.25) is 11.9 Å². The van der Waals surface area contributed by atoms with Crippen molar-refractivity contribution in [2.45, 2.75) is 63.6 Å². The van der Waals surface area contributed by atoms with Crippen molar-refractivity contribution < 1.29 is 33.8 Å². The SMILES string of the molecule is CCOC(=O)C(NC(=O)C(N)CC(=O)O)C(=O)OC1CCCCC1. The zero-order valence-electron chi connectivity index (χ0n) is 13.7. The van der Waals surface area contributed by atoms with Crippen LogP contribution in [0.2, 0.25) is 0 Å². The average molecular weight is 344 g/mol. The predicted octanol–water partition coefficient (Wildman–Crippen LogP) is -0.288. The van der Waals surface area contributed by atoms with E-state index in [1.165, 1.54) is 0 Å². The van der Waals surface area contributed by atoms with Gasteiger partial charge in [0, 0.05) is 0 Å². The minimum absolute atomic E-state index is 0.0170. The predicted molar refractivity (Wildman–Crippen MR) is 81.8 cm³/mol. The third-order valence-electron chi connectivity index (χ3n) is 3.61. The second kappa shape index (κ2) is 9.86. The van der Waals surface area contributed by atoms with E-state index in [0.717, 1.165) is 19.3 Å². The average Bonchev–Trinajstić information content (AvgIpc) is 2.52. The van der Waals surface area contributed by atoms with Crippen LogP contribution in [0.5, 0.6) is 0 Å². The normalized spacial score (nSPS) is 17.4.